The average molecular weight is 405 g/mol. The van der Waals surface area contributed by atoms with Gasteiger partial charge < -0.3 is 14.4 Å². The van der Waals surface area contributed by atoms with Gasteiger partial charge in [-0.05, 0) is 43.7 Å². The van der Waals surface area contributed by atoms with Gasteiger partial charge in [-0.2, -0.15) is 0 Å². The summed E-state index contributed by atoms with van der Waals surface area (Å²) in [6, 6.07) is 15.3. The van der Waals surface area contributed by atoms with Crippen molar-refractivity contribution in [3.63, 3.8) is 0 Å². The number of Topliss-reactive ketones (excluding diaryl/α,β-unsaturated/α-hetero) is 1. The van der Waals surface area contributed by atoms with Crippen LogP contribution in [0.15, 0.2) is 70.7 Å². The van der Waals surface area contributed by atoms with Crippen LogP contribution in [0, 0.1) is 19.7 Å². The molecule has 1 unspecified atom stereocenters. The molecule has 5 nitrogen and oxygen atoms in total. The highest BCUT2D eigenvalue weighted by atomic mass is 19.1. The highest BCUT2D eigenvalue weighted by molar-refractivity contribution is 6.46. The molecular formula is C24H20FNO4. The number of halogens is 1. The molecule has 1 aromatic heterocycles. The van der Waals surface area contributed by atoms with E-state index in [1.165, 1.54) is 17.0 Å². The van der Waals surface area contributed by atoms with Gasteiger partial charge >= 0.3 is 0 Å². The van der Waals surface area contributed by atoms with E-state index in [0.717, 1.165) is 5.56 Å². The van der Waals surface area contributed by atoms with E-state index in [1.807, 2.05) is 19.1 Å². The van der Waals surface area contributed by atoms with Gasteiger partial charge in [0.25, 0.3) is 11.7 Å². The lowest BCUT2D eigenvalue weighted by Crippen LogP contribution is -2.29. The number of hydrogen-bond acceptors (Lipinski definition) is 4. The molecule has 0 aliphatic carbocycles. The lowest BCUT2D eigenvalue weighted by Gasteiger charge is -2.23. The maximum atomic E-state index is 13.3. The van der Waals surface area contributed by atoms with Crippen molar-refractivity contribution in [3.8, 4) is 0 Å². The molecule has 0 saturated carbocycles. The van der Waals surface area contributed by atoms with Crippen molar-refractivity contribution < 1.29 is 23.5 Å². The topological polar surface area (TPSA) is 70.8 Å². The summed E-state index contributed by atoms with van der Waals surface area (Å²) in [6.45, 7) is 3.74. The Morgan fingerprint density at radius 3 is 2.27 bits per heavy atom. The molecule has 2 aromatic carbocycles. The largest absolute Gasteiger partial charge is 0.507 e. The maximum absolute atomic E-state index is 13.3. The zero-order valence-corrected chi connectivity index (χ0v) is 16.6. The van der Waals surface area contributed by atoms with Gasteiger partial charge in [-0.3, -0.25) is 9.59 Å². The van der Waals surface area contributed by atoms with Crippen LogP contribution in [0.4, 0.5) is 4.39 Å². The second-order valence-electron chi connectivity index (χ2n) is 7.37. The third-order valence-corrected chi connectivity index (χ3v) is 5.16. The zero-order chi connectivity index (χ0) is 21.4. The summed E-state index contributed by atoms with van der Waals surface area (Å²) in [5, 5.41) is 10.9. The number of rotatable bonds is 4. The smallest absolute Gasteiger partial charge is 0.296 e. The number of aryl methyl sites for hydroxylation is 2. The van der Waals surface area contributed by atoms with Crippen LogP contribution in [0.1, 0.15) is 34.3 Å². The molecule has 1 aliphatic rings. The Morgan fingerprint density at radius 1 is 1.00 bits per heavy atom. The molecule has 2 heterocycles. The molecule has 4 rings (SSSR count). The van der Waals surface area contributed by atoms with E-state index >= 15 is 0 Å². The van der Waals surface area contributed by atoms with Crippen molar-refractivity contribution in [1.29, 1.82) is 0 Å². The highest BCUT2D eigenvalue weighted by Crippen LogP contribution is 2.40. The number of likely N-dealkylation sites (tertiary alicyclic amines) is 1. The van der Waals surface area contributed by atoms with E-state index in [9.17, 15) is 19.1 Å². The van der Waals surface area contributed by atoms with Crippen LogP contribution >= 0.6 is 0 Å². The summed E-state index contributed by atoms with van der Waals surface area (Å²) >= 11 is 0. The van der Waals surface area contributed by atoms with Crippen molar-refractivity contribution in [1.82, 2.24) is 4.90 Å². The third-order valence-electron chi connectivity index (χ3n) is 5.16. The standard InChI is InChI=1S/C24H20FNO4/c1-14-3-8-17(9-4-14)22(27)20-21(19-12-5-15(2)30-19)26(24(29)23(20)28)13-16-6-10-18(25)11-7-16/h3-12,21,27H,13H2,1-2H3/b22-20-. The van der Waals surface area contributed by atoms with Crippen molar-refractivity contribution >= 4 is 17.4 Å². The summed E-state index contributed by atoms with van der Waals surface area (Å²) in [5.74, 6) is -1.18. The molecule has 0 radical (unpaired) electrons. The van der Waals surface area contributed by atoms with E-state index in [4.69, 9.17) is 4.42 Å². The van der Waals surface area contributed by atoms with Crippen LogP contribution in [0.25, 0.3) is 5.76 Å². The fourth-order valence-electron chi connectivity index (χ4n) is 3.59. The van der Waals surface area contributed by atoms with E-state index in [1.54, 1.807) is 43.3 Å². The molecule has 1 atom stereocenters. The quantitative estimate of drug-likeness (QED) is 0.389. The van der Waals surface area contributed by atoms with Gasteiger partial charge in [0.05, 0.1) is 5.57 Å². The Morgan fingerprint density at radius 2 is 1.67 bits per heavy atom. The maximum Gasteiger partial charge on any atom is 0.296 e. The van der Waals surface area contributed by atoms with Crippen LogP contribution in [-0.2, 0) is 16.1 Å². The number of amides is 1. The van der Waals surface area contributed by atoms with Crippen molar-refractivity contribution in [2.75, 3.05) is 0 Å². The van der Waals surface area contributed by atoms with E-state index in [0.29, 0.717) is 22.6 Å². The predicted octanol–water partition coefficient (Wildman–Crippen LogP) is 4.66. The van der Waals surface area contributed by atoms with Gasteiger partial charge in [0.1, 0.15) is 29.1 Å². The summed E-state index contributed by atoms with van der Waals surface area (Å²) in [6.07, 6.45) is 0. The van der Waals surface area contributed by atoms with Gasteiger partial charge in [0, 0.05) is 12.1 Å². The molecule has 1 N–H and O–H groups in total. The minimum atomic E-state index is -0.884. The number of aliphatic hydroxyl groups excluding tert-OH is 1. The Balaban J connectivity index is 1.83. The van der Waals surface area contributed by atoms with Gasteiger partial charge in [0.15, 0.2) is 0 Å². The lowest BCUT2D eigenvalue weighted by atomic mass is 9.98. The number of aliphatic hydroxyl groups is 1. The van der Waals surface area contributed by atoms with Gasteiger partial charge in [-0.1, -0.05) is 42.0 Å². The summed E-state index contributed by atoms with van der Waals surface area (Å²) in [7, 11) is 0. The number of carbonyl (C=O) groups excluding carboxylic acids is 2. The number of ketones is 1. The average Bonchev–Trinajstić information content (AvgIpc) is 3.26. The monoisotopic (exact) mass is 405 g/mol. The Kier molecular flexibility index (Phi) is 4.99. The second-order valence-corrected chi connectivity index (χ2v) is 7.37. The normalized spacial score (nSPS) is 18.2. The zero-order valence-electron chi connectivity index (χ0n) is 16.6. The first kappa shape index (κ1) is 19.6. The number of furan rings is 1. The molecule has 3 aromatic rings. The summed E-state index contributed by atoms with van der Waals surface area (Å²) in [4.78, 5) is 27.1. The molecule has 1 fully saturated rings. The Bertz CT molecular complexity index is 1140. The van der Waals surface area contributed by atoms with Crippen LogP contribution in [0.3, 0.4) is 0 Å². The van der Waals surface area contributed by atoms with E-state index in [2.05, 4.69) is 0 Å². The number of carbonyl (C=O) groups is 2. The van der Waals surface area contributed by atoms with E-state index < -0.39 is 23.5 Å². The molecule has 1 amide bonds. The van der Waals surface area contributed by atoms with Crippen molar-refractivity contribution in [3.05, 3.63) is 100 Å². The first-order chi connectivity index (χ1) is 14.3. The van der Waals surface area contributed by atoms with E-state index in [-0.39, 0.29) is 17.9 Å². The lowest BCUT2D eigenvalue weighted by molar-refractivity contribution is -0.140. The summed E-state index contributed by atoms with van der Waals surface area (Å²) < 4.78 is 19.0. The number of benzene rings is 2. The Hall–Kier alpha value is -3.67. The van der Waals surface area contributed by atoms with Crippen LogP contribution in [0.2, 0.25) is 0 Å². The first-order valence-electron chi connectivity index (χ1n) is 9.51. The second kappa shape index (κ2) is 7.63. The minimum Gasteiger partial charge on any atom is -0.507 e. The molecule has 30 heavy (non-hydrogen) atoms. The van der Waals surface area contributed by atoms with Gasteiger partial charge in [0.2, 0.25) is 0 Å². The van der Waals surface area contributed by atoms with Crippen molar-refractivity contribution in [2.45, 2.75) is 26.4 Å². The highest BCUT2D eigenvalue weighted by Gasteiger charge is 2.47. The number of nitrogens with zero attached hydrogens (tertiary/aromatic N) is 1. The third kappa shape index (κ3) is 3.52. The fourth-order valence-corrected chi connectivity index (χ4v) is 3.59. The summed E-state index contributed by atoms with van der Waals surface area (Å²) in [5.41, 5.74) is 2.07. The molecule has 1 aliphatic heterocycles. The fraction of sp³-hybridized carbons (Fsp3) is 0.167. The number of hydrogen-bond donors (Lipinski definition) is 1. The molecule has 0 spiro atoms. The Labute approximate surface area is 173 Å². The first-order valence-corrected chi connectivity index (χ1v) is 9.51. The SMILES string of the molecule is Cc1ccc(/C(O)=C2/C(=O)C(=O)N(Cc3ccc(F)cc3)C2c2ccc(C)o2)cc1. The molecule has 152 valence electrons. The van der Waals surface area contributed by atoms with Gasteiger partial charge in [-0.15, -0.1) is 0 Å². The molecule has 0 bridgehead atoms. The van der Waals surface area contributed by atoms with Crippen molar-refractivity contribution in [2.24, 2.45) is 0 Å². The molecule has 6 heteroatoms. The molecule has 1 saturated heterocycles. The van der Waals surface area contributed by atoms with Crippen LogP contribution in [-0.4, -0.2) is 21.7 Å². The van der Waals surface area contributed by atoms with Gasteiger partial charge in [-0.25, -0.2) is 4.39 Å². The van der Waals surface area contributed by atoms with Crippen LogP contribution < -0.4 is 0 Å². The minimum absolute atomic E-state index is 0.0275. The predicted molar refractivity (Wildman–Crippen MR) is 109 cm³/mol. The molecular weight excluding hydrogens is 385 g/mol. The van der Waals surface area contributed by atoms with Crippen LogP contribution in [0.5, 0.6) is 0 Å².